The minimum atomic E-state index is -0.264. The van der Waals surface area contributed by atoms with Crippen LogP contribution in [0.2, 0.25) is 0 Å². The van der Waals surface area contributed by atoms with Gasteiger partial charge in [0.2, 0.25) is 0 Å². The Labute approximate surface area is 81.7 Å². The highest BCUT2D eigenvalue weighted by molar-refractivity contribution is 5.92. The van der Waals surface area contributed by atoms with Gasteiger partial charge in [0.15, 0.2) is 5.69 Å². The molecule has 74 valence electrons. The number of nitrogens with one attached hydrogen (secondary N) is 1. The summed E-state index contributed by atoms with van der Waals surface area (Å²) in [6.07, 6.45) is 1.09. The van der Waals surface area contributed by atoms with Crippen molar-refractivity contribution in [3.8, 4) is 6.07 Å². The summed E-state index contributed by atoms with van der Waals surface area (Å²) in [5.41, 5.74) is 0.277. The molecule has 5 heteroatoms. The molecule has 0 bridgehead atoms. The zero-order valence-corrected chi connectivity index (χ0v) is 7.91. The Bertz CT molecular complexity index is 351. The molecule has 1 amide bonds. The number of rotatable bonds is 4. The summed E-state index contributed by atoms with van der Waals surface area (Å²) >= 11 is 0. The van der Waals surface area contributed by atoms with Crippen LogP contribution in [0.1, 0.15) is 29.1 Å². The summed E-state index contributed by atoms with van der Waals surface area (Å²) in [7, 11) is 0. The molecule has 5 nitrogen and oxygen atoms in total. The smallest absolute Gasteiger partial charge is 0.273 e. The summed E-state index contributed by atoms with van der Waals surface area (Å²) in [5.74, 6) is 0.340. The minimum Gasteiger partial charge on any atom is -0.361 e. The van der Waals surface area contributed by atoms with Crippen molar-refractivity contribution in [2.24, 2.45) is 0 Å². The van der Waals surface area contributed by atoms with E-state index in [2.05, 4.69) is 10.5 Å². The van der Waals surface area contributed by atoms with Crippen LogP contribution >= 0.6 is 0 Å². The molecule has 0 atom stereocenters. The molecule has 0 aromatic carbocycles. The number of aryl methyl sites for hydroxylation is 1. The van der Waals surface area contributed by atoms with Gasteiger partial charge in [-0.3, -0.25) is 4.79 Å². The number of hydrogen-bond donors (Lipinski definition) is 1. The largest absolute Gasteiger partial charge is 0.361 e. The van der Waals surface area contributed by atoms with Gasteiger partial charge < -0.3 is 9.84 Å². The second-order valence-corrected chi connectivity index (χ2v) is 2.84. The fraction of sp³-hybridized carbons (Fsp3) is 0.444. The van der Waals surface area contributed by atoms with E-state index in [0.717, 1.165) is 0 Å². The van der Waals surface area contributed by atoms with Gasteiger partial charge in [0, 0.05) is 19.0 Å². The van der Waals surface area contributed by atoms with E-state index in [1.54, 1.807) is 13.0 Å². The number of nitrogens with zero attached hydrogens (tertiary/aromatic N) is 2. The highest BCUT2D eigenvalue weighted by atomic mass is 16.5. The summed E-state index contributed by atoms with van der Waals surface area (Å²) < 4.78 is 4.75. The van der Waals surface area contributed by atoms with Crippen LogP contribution < -0.4 is 5.32 Å². The van der Waals surface area contributed by atoms with Crippen LogP contribution in [0.5, 0.6) is 0 Å². The van der Waals surface area contributed by atoms with E-state index in [1.807, 2.05) is 6.07 Å². The highest BCUT2D eigenvalue weighted by Gasteiger charge is 2.09. The summed E-state index contributed by atoms with van der Waals surface area (Å²) in [4.78, 5) is 11.3. The van der Waals surface area contributed by atoms with Gasteiger partial charge in [-0.15, -0.1) is 0 Å². The molecule has 1 rings (SSSR count). The first kappa shape index (κ1) is 10.3. The predicted molar refractivity (Wildman–Crippen MR) is 48.4 cm³/mol. The fourth-order valence-corrected chi connectivity index (χ4v) is 0.933. The number of amides is 1. The lowest BCUT2D eigenvalue weighted by atomic mass is 10.3. The molecule has 1 heterocycles. The van der Waals surface area contributed by atoms with E-state index in [-0.39, 0.29) is 11.6 Å². The van der Waals surface area contributed by atoms with Crippen molar-refractivity contribution in [2.45, 2.75) is 19.8 Å². The summed E-state index contributed by atoms with van der Waals surface area (Å²) in [6, 6.07) is 3.57. The molecule has 0 saturated carbocycles. The molecule has 1 aromatic rings. The van der Waals surface area contributed by atoms with Crippen LogP contribution in [0, 0.1) is 18.3 Å². The van der Waals surface area contributed by atoms with E-state index in [1.165, 1.54) is 0 Å². The van der Waals surface area contributed by atoms with Gasteiger partial charge in [0.25, 0.3) is 5.91 Å². The van der Waals surface area contributed by atoms with Crippen molar-refractivity contribution < 1.29 is 9.32 Å². The molecule has 0 radical (unpaired) electrons. The normalized spacial score (nSPS) is 9.43. The van der Waals surface area contributed by atoms with Crippen molar-refractivity contribution in [2.75, 3.05) is 6.54 Å². The van der Waals surface area contributed by atoms with Crippen molar-refractivity contribution in [3.05, 3.63) is 17.5 Å². The first-order valence-electron chi connectivity index (χ1n) is 4.32. The third kappa shape index (κ3) is 2.90. The average Bonchev–Trinajstić information content (AvgIpc) is 2.59. The Kier molecular flexibility index (Phi) is 3.68. The van der Waals surface area contributed by atoms with E-state index in [0.29, 0.717) is 25.1 Å². The van der Waals surface area contributed by atoms with Crippen LogP contribution in [-0.4, -0.2) is 17.6 Å². The predicted octanol–water partition coefficient (Wildman–Crippen LogP) is 1.02. The Balaban J connectivity index is 2.33. The van der Waals surface area contributed by atoms with E-state index in [9.17, 15) is 4.79 Å². The number of nitriles is 1. The molecule has 1 aromatic heterocycles. The monoisotopic (exact) mass is 193 g/mol. The zero-order valence-electron chi connectivity index (χ0n) is 7.91. The standard InChI is InChI=1S/C9H11N3O2/c1-7-6-8(12-14-7)9(13)11-5-3-2-4-10/h6H,2-3,5H2,1H3,(H,11,13). The van der Waals surface area contributed by atoms with Crippen molar-refractivity contribution in [3.63, 3.8) is 0 Å². The molecule has 1 N–H and O–H groups in total. The van der Waals surface area contributed by atoms with E-state index in [4.69, 9.17) is 9.78 Å². The van der Waals surface area contributed by atoms with Gasteiger partial charge in [0.05, 0.1) is 6.07 Å². The molecule has 0 unspecified atom stereocenters. The van der Waals surface area contributed by atoms with Crippen molar-refractivity contribution >= 4 is 5.91 Å². The van der Waals surface area contributed by atoms with Crippen LogP contribution in [0.15, 0.2) is 10.6 Å². The number of carbonyl (C=O) groups is 1. The molecule has 14 heavy (non-hydrogen) atoms. The SMILES string of the molecule is Cc1cc(C(=O)NCCCC#N)no1. The number of aromatic nitrogens is 1. The van der Waals surface area contributed by atoms with Crippen molar-refractivity contribution in [1.82, 2.24) is 10.5 Å². The maximum absolute atomic E-state index is 11.3. The van der Waals surface area contributed by atoms with Gasteiger partial charge in [-0.2, -0.15) is 5.26 Å². The number of hydrogen-bond acceptors (Lipinski definition) is 4. The van der Waals surface area contributed by atoms with Gasteiger partial charge in [-0.25, -0.2) is 0 Å². The second kappa shape index (κ2) is 5.02. The quantitative estimate of drug-likeness (QED) is 0.724. The third-order valence-electron chi connectivity index (χ3n) is 1.61. The minimum absolute atomic E-state index is 0.264. The fourth-order valence-electron chi connectivity index (χ4n) is 0.933. The first-order chi connectivity index (χ1) is 6.74. The number of carbonyl (C=O) groups excluding carboxylic acids is 1. The second-order valence-electron chi connectivity index (χ2n) is 2.84. The van der Waals surface area contributed by atoms with Crippen LogP contribution in [0.4, 0.5) is 0 Å². The summed E-state index contributed by atoms with van der Waals surface area (Å²) in [5, 5.41) is 14.5. The van der Waals surface area contributed by atoms with Crippen LogP contribution in [0.25, 0.3) is 0 Å². The van der Waals surface area contributed by atoms with Crippen LogP contribution in [-0.2, 0) is 0 Å². The molecular formula is C9H11N3O2. The highest BCUT2D eigenvalue weighted by Crippen LogP contribution is 2.00. The van der Waals surface area contributed by atoms with Gasteiger partial charge in [0.1, 0.15) is 5.76 Å². The molecule has 0 spiro atoms. The molecule has 0 fully saturated rings. The maximum atomic E-state index is 11.3. The zero-order chi connectivity index (χ0) is 10.4. The van der Waals surface area contributed by atoms with Crippen LogP contribution in [0.3, 0.4) is 0 Å². The van der Waals surface area contributed by atoms with Crippen molar-refractivity contribution in [1.29, 1.82) is 5.26 Å². The lowest BCUT2D eigenvalue weighted by Gasteiger charge is -1.98. The maximum Gasteiger partial charge on any atom is 0.273 e. The summed E-state index contributed by atoms with van der Waals surface area (Å²) in [6.45, 7) is 2.21. The lowest BCUT2D eigenvalue weighted by Crippen LogP contribution is -2.24. The van der Waals surface area contributed by atoms with E-state index >= 15 is 0 Å². The Hall–Kier alpha value is -1.83. The molecule has 0 aliphatic heterocycles. The Morgan fingerprint density at radius 1 is 1.79 bits per heavy atom. The van der Waals surface area contributed by atoms with Gasteiger partial charge in [-0.1, -0.05) is 5.16 Å². The Morgan fingerprint density at radius 3 is 3.14 bits per heavy atom. The topological polar surface area (TPSA) is 78.9 Å². The average molecular weight is 193 g/mol. The Morgan fingerprint density at radius 2 is 2.57 bits per heavy atom. The van der Waals surface area contributed by atoms with E-state index < -0.39 is 0 Å². The third-order valence-corrected chi connectivity index (χ3v) is 1.61. The molecule has 0 aliphatic carbocycles. The molecule has 0 aliphatic rings. The number of unbranched alkanes of at least 4 members (excludes halogenated alkanes) is 1. The first-order valence-corrected chi connectivity index (χ1v) is 4.32. The van der Waals surface area contributed by atoms with Gasteiger partial charge in [-0.05, 0) is 13.3 Å². The lowest BCUT2D eigenvalue weighted by molar-refractivity contribution is 0.0944. The molecule has 0 saturated heterocycles. The molecular weight excluding hydrogens is 182 g/mol. The van der Waals surface area contributed by atoms with Gasteiger partial charge >= 0.3 is 0 Å².